The summed E-state index contributed by atoms with van der Waals surface area (Å²) in [6.45, 7) is 3.75. The third-order valence-electron chi connectivity index (χ3n) is 3.49. The van der Waals surface area contributed by atoms with Crippen molar-refractivity contribution >= 4 is 11.6 Å². The number of nitrogens with zero attached hydrogens (tertiary/aromatic N) is 3. The van der Waals surface area contributed by atoms with E-state index in [1.165, 1.54) is 12.8 Å². The molecule has 0 spiro atoms. The van der Waals surface area contributed by atoms with Crippen molar-refractivity contribution in [2.75, 3.05) is 0 Å². The Labute approximate surface area is 117 Å². The Hall–Kier alpha value is -1.33. The van der Waals surface area contributed by atoms with Gasteiger partial charge in [0.25, 0.3) is 0 Å². The molecule has 19 heavy (non-hydrogen) atoms. The number of hydrogen-bond acceptors (Lipinski definition) is 4. The molecule has 0 unspecified atom stereocenters. The molecule has 3 heterocycles. The minimum Gasteiger partial charge on any atom is -0.448 e. The molecule has 5 nitrogen and oxygen atoms in total. The van der Waals surface area contributed by atoms with Crippen molar-refractivity contribution in [1.82, 2.24) is 20.1 Å². The predicted molar refractivity (Wildman–Crippen MR) is 71.9 cm³/mol. The molecule has 0 radical (unpaired) electrons. The van der Waals surface area contributed by atoms with Gasteiger partial charge in [0.05, 0.1) is 12.6 Å². The summed E-state index contributed by atoms with van der Waals surface area (Å²) in [5.41, 5.74) is 0. The Kier molecular flexibility index (Phi) is 3.57. The normalized spacial score (nSPS) is 16.3. The lowest BCUT2D eigenvalue weighted by molar-refractivity contribution is 0.433. The topological polar surface area (TPSA) is 55.9 Å². The van der Waals surface area contributed by atoms with Crippen LogP contribution in [-0.4, -0.2) is 14.8 Å². The smallest absolute Gasteiger partial charge is 0.193 e. The van der Waals surface area contributed by atoms with Crippen molar-refractivity contribution in [3.8, 4) is 0 Å². The summed E-state index contributed by atoms with van der Waals surface area (Å²) in [6, 6.07) is 3.77. The van der Waals surface area contributed by atoms with Gasteiger partial charge in [-0.15, -0.1) is 10.2 Å². The fourth-order valence-corrected chi connectivity index (χ4v) is 2.60. The van der Waals surface area contributed by atoms with Gasteiger partial charge in [-0.2, -0.15) is 0 Å². The van der Waals surface area contributed by atoms with Gasteiger partial charge in [-0.3, -0.25) is 0 Å². The van der Waals surface area contributed by atoms with Crippen LogP contribution in [0.15, 0.2) is 16.5 Å². The van der Waals surface area contributed by atoms with E-state index in [0.717, 1.165) is 30.4 Å². The van der Waals surface area contributed by atoms with E-state index in [-0.39, 0.29) is 6.04 Å². The number of hydrogen-bond donors (Lipinski definition) is 1. The maximum absolute atomic E-state index is 5.75. The Morgan fingerprint density at radius 2 is 2.32 bits per heavy atom. The SMILES string of the molecule is C[C@H](NCc1ccc(Cl)o1)c1nnc2n1CCCC2. The average molecular weight is 281 g/mol. The zero-order valence-corrected chi connectivity index (χ0v) is 11.7. The molecule has 2 aromatic heterocycles. The molecule has 1 atom stereocenters. The van der Waals surface area contributed by atoms with Crippen molar-refractivity contribution in [2.24, 2.45) is 0 Å². The number of furan rings is 1. The van der Waals surface area contributed by atoms with Crippen molar-refractivity contribution in [2.45, 2.75) is 45.3 Å². The molecular weight excluding hydrogens is 264 g/mol. The maximum atomic E-state index is 5.75. The monoisotopic (exact) mass is 280 g/mol. The molecule has 0 fully saturated rings. The highest BCUT2D eigenvalue weighted by molar-refractivity contribution is 6.28. The fraction of sp³-hybridized carbons (Fsp3) is 0.538. The molecule has 6 heteroatoms. The molecule has 0 bridgehead atoms. The zero-order chi connectivity index (χ0) is 13.2. The van der Waals surface area contributed by atoms with E-state index in [9.17, 15) is 0 Å². The molecule has 0 aliphatic carbocycles. The Morgan fingerprint density at radius 1 is 1.42 bits per heavy atom. The van der Waals surface area contributed by atoms with Crippen molar-refractivity contribution < 1.29 is 4.42 Å². The van der Waals surface area contributed by atoms with Gasteiger partial charge in [-0.1, -0.05) is 0 Å². The number of nitrogens with one attached hydrogen (secondary N) is 1. The van der Waals surface area contributed by atoms with Gasteiger partial charge in [-0.05, 0) is 43.5 Å². The molecular formula is C13H17ClN4O. The van der Waals surface area contributed by atoms with Gasteiger partial charge in [0.1, 0.15) is 17.4 Å². The molecule has 102 valence electrons. The first-order chi connectivity index (χ1) is 9.24. The molecule has 1 aliphatic heterocycles. The van der Waals surface area contributed by atoms with Crippen LogP contribution < -0.4 is 5.32 Å². The molecule has 1 N–H and O–H groups in total. The van der Waals surface area contributed by atoms with Gasteiger partial charge < -0.3 is 14.3 Å². The van der Waals surface area contributed by atoms with E-state index in [1.807, 2.05) is 6.07 Å². The molecule has 0 saturated heterocycles. The molecule has 0 aromatic carbocycles. The van der Waals surface area contributed by atoms with Crippen LogP contribution in [0.25, 0.3) is 0 Å². The minimum absolute atomic E-state index is 0.142. The number of aromatic nitrogens is 3. The second-order valence-electron chi connectivity index (χ2n) is 4.89. The van der Waals surface area contributed by atoms with Gasteiger partial charge in [0.15, 0.2) is 5.22 Å². The highest BCUT2D eigenvalue weighted by Gasteiger charge is 2.19. The third kappa shape index (κ3) is 2.67. The number of fused-ring (bicyclic) bond motifs is 1. The largest absolute Gasteiger partial charge is 0.448 e. The second kappa shape index (κ2) is 5.35. The first kappa shape index (κ1) is 12.7. The summed E-state index contributed by atoms with van der Waals surface area (Å²) in [6.07, 6.45) is 3.46. The van der Waals surface area contributed by atoms with E-state index in [2.05, 4.69) is 27.0 Å². The molecule has 1 aliphatic rings. The Balaban J connectivity index is 1.67. The van der Waals surface area contributed by atoms with Gasteiger partial charge in [0, 0.05) is 13.0 Å². The van der Waals surface area contributed by atoms with E-state index in [0.29, 0.717) is 11.8 Å². The summed E-state index contributed by atoms with van der Waals surface area (Å²) >= 11 is 5.75. The van der Waals surface area contributed by atoms with Crippen LogP contribution in [0.3, 0.4) is 0 Å². The molecule has 0 amide bonds. The Morgan fingerprint density at radius 3 is 3.11 bits per heavy atom. The first-order valence-electron chi connectivity index (χ1n) is 6.63. The van der Waals surface area contributed by atoms with Crippen LogP contribution in [0.2, 0.25) is 5.22 Å². The zero-order valence-electron chi connectivity index (χ0n) is 10.9. The molecule has 2 aromatic rings. The summed E-state index contributed by atoms with van der Waals surface area (Å²) in [5.74, 6) is 2.94. The van der Waals surface area contributed by atoms with Crippen LogP contribution >= 0.6 is 11.6 Å². The van der Waals surface area contributed by atoms with E-state index < -0.39 is 0 Å². The average Bonchev–Trinajstić information content (AvgIpc) is 3.02. The number of aryl methyl sites for hydroxylation is 1. The minimum atomic E-state index is 0.142. The van der Waals surface area contributed by atoms with Gasteiger partial charge in [-0.25, -0.2) is 0 Å². The maximum Gasteiger partial charge on any atom is 0.193 e. The predicted octanol–water partition coefficient (Wildman–Crippen LogP) is 2.71. The first-order valence-corrected chi connectivity index (χ1v) is 7.01. The second-order valence-corrected chi connectivity index (χ2v) is 5.26. The Bertz CT molecular complexity index is 563. The number of halogens is 1. The highest BCUT2D eigenvalue weighted by Crippen LogP contribution is 2.19. The van der Waals surface area contributed by atoms with Crippen molar-refractivity contribution in [3.63, 3.8) is 0 Å². The van der Waals surface area contributed by atoms with Crippen LogP contribution in [0.1, 0.15) is 43.2 Å². The molecule has 0 saturated carbocycles. The highest BCUT2D eigenvalue weighted by atomic mass is 35.5. The van der Waals surface area contributed by atoms with Crippen LogP contribution in [0.4, 0.5) is 0 Å². The third-order valence-corrected chi connectivity index (χ3v) is 3.69. The van der Waals surface area contributed by atoms with Crippen LogP contribution in [0.5, 0.6) is 0 Å². The van der Waals surface area contributed by atoms with E-state index >= 15 is 0 Å². The van der Waals surface area contributed by atoms with E-state index in [4.69, 9.17) is 16.0 Å². The van der Waals surface area contributed by atoms with Gasteiger partial charge in [0.2, 0.25) is 0 Å². The lowest BCUT2D eigenvalue weighted by Gasteiger charge is -2.18. The van der Waals surface area contributed by atoms with Crippen LogP contribution in [0, 0.1) is 0 Å². The van der Waals surface area contributed by atoms with Crippen LogP contribution in [-0.2, 0) is 19.5 Å². The lowest BCUT2D eigenvalue weighted by Crippen LogP contribution is -2.23. The summed E-state index contributed by atoms with van der Waals surface area (Å²) < 4.78 is 7.56. The lowest BCUT2D eigenvalue weighted by atomic mass is 10.1. The van der Waals surface area contributed by atoms with Crippen molar-refractivity contribution in [3.05, 3.63) is 34.8 Å². The summed E-state index contributed by atoms with van der Waals surface area (Å²) in [7, 11) is 0. The quantitative estimate of drug-likeness (QED) is 0.936. The van der Waals surface area contributed by atoms with E-state index in [1.54, 1.807) is 6.07 Å². The summed E-state index contributed by atoms with van der Waals surface area (Å²) in [5, 5.41) is 12.4. The van der Waals surface area contributed by atoms with Gasteiger partial charge >= 0.3 is 0 Å². The molecule has 3 rings (SSSR count). The summed E-state index contributed by atoms with van der Waals surface area (Å²) in [4.78, 5) is 0. The standard InChI is InChI=1S/C13H17ClN4O/c1-9(15-8-10-5-6-11(14)19-10)13-17-16-12-4-2-3-7-18(12)13/h5-6,9,15H,2-4,7-8H2,1H3/t9-/m0/s1. The number of rotatable bonds is 4. The van der Waals surface area contributed by atoms with Crippen molar-refractivity contribution in [1.29, 1.82) is 0 Å². The fourth-order valence-electron chi connectivity index (χ4n) is 2.44.